The molecule has 0 saturated heterocycles. The van der Waals surface area contributed by atoms with Gasteiger partial charge in [0.25, 0.3) is 0 Å². The lowest BCUT2D eigenvalue weighted by Crippen LogP contribution is -2.15. The minimum absolute atomic E-state index is 0.126. The molecular formula is C23H24N4O3S2. The van der Waals surface area contributed by atoms with E-state index in [9.17, 15) is 14.4 Å². The normalized spacial score (nSPS) is 10.5. The fourth-order valence-corrected chi connectivity index (χ4v) is 4.56. The maximum absolute atomic E-state index is 12.3. The molecule has 166 valence electrons. The lowest BCUT2D eigenvalue weighted by atomic mass is 10.1. The number of benzene rings is 2. The number of hydrogen-bond acceptors (Lipinski definition) is 6. The van der Waals surface area contributed by atoms with Crippen molar-refractivity contribution in [2.24, 2.45) is 0 Å². The Bertz CT molecular complexity index is 1130. The van der Waals surface area contributed by atoms with E-state index in [0.29, 0.717) is 17.1 Å². The van der Waals surface area contributed by atoms with Gasteiger partial charge in [-0.05, 0) is 49.7 Å². The fourth-order valence-electron chi connectivity index (χ4n) is 2.91. The van der Waals surface area contributed by atoms with Gasteiger partial charge in [0.2, 0.25) is 17.7 Å². The molecule has 3 N–H and O–H groups in total. The van der Waals surface area contributed by atoms with Crippen LogP contribution < -0.4 is 16.0 Å². The maximum Gasteiger partial charge on any atom is 0.234 e. The van der Waals surface area contributed by atoms with E-state index in [1.54, 1.807) is 24.3 Å². The molecule has 0 aliphatic rings. The molecule has 32 heavy (non-hydrogen) atoms. The number of nitrogens with zero attached hydrogens (tertiary/aromatic N) is 1. The second-order valence-corrected chi connectivity index (χ2v) is 9.32. The molecule has 0 fully saturated rings. The van der Waals surface area contributed by atoms with E-state index >= 15 is 0 Å². The summed E-state index contributed by atoms with van der Waals surface area (Å²) in [6.07, 6.45) is 0.178. The third-order valence-electron chi connectivity index (χ3n) is 4.34. The van der Waals surface area contributed by atoms with Crippen LogP contribution in [0.1, 0.15) is 23.7 Å². The first-order chi connectivity index (χ1) is 15.3. The number of thiazole rings is 1. The second-order valence-electron chi connectivity index (χ2n) is 7.24. The van der Waals surface area contributed by atoms with Gasteiger partial charge in [-0.2, -0.15) is 0 Å². The number of nitrogens with one attached hydrogen (secondary N) is 3. The van der Waals surface area contributed by atoms with Crippen molar-refractivity contribution < 1.29 is 14.4 Å². The van der Waals surface area contributed by atoms with Crippen LogP contribution in [0.2, 0.25) is 0 Å². The molecule has 0 bridgehead atoms. The van der Waals surface area contributed by atoms with Crippen LogP contribution in [0.15, 0.2) is 52.2 Å². The molecule has 9 heteroatoms. The summed E-state index contributed by atoms with van der Waals surface area (Å²) in [5, 5.41) is 10.2. The topological polar surface area (TPSA) is 100 Å². The summed E-state index contributed by atoms with van der Waals surface area (Å²) in [6.45, 7) is 5.41. The lowest BCUT2D eigenvalue weighted by molar-refractivity contribution is -0.116. The number of aromatic nitrogens is 1. The molecule has 0 unspecified atom stereocenters. The smallest absolute Gasteiger partial charge is 0.234 e. The molecule has 2 aromatic carbocycles. The minimum atomic E-state index is -0.161. The lowest BCUT2D eigenvalue weighted by Gasteiger charge is -2.08. The summed E-state index contributed by atoms with van der Waals surface area (Å²) in [7, 11) is 0. The van der Waals surface area contributed by atoms with Crippen molar-refractivity contribution in [3.05, 3.63) is 64.7 Å². The number of thioether (sulfide) groups is 1. The standard InChI is InChI=1S/C23H24N4O3S2/c1-14-4-9-20(15(2)10-14)27-21(29)11-19-12-31-23(26-19)32-13-22(30)25-18-7-5-17(6-8-18)24-16(3)28/h4-10,12H,11,13H2,1-3H3,(H,24,28)(H,25,30)(H,27,29). The SMILES string of the molecule is CC(=O)Nc1ccc(NC(=O)CSc2nc(CC(=O)Nc3ccc(C)cc3C)cs2)cc1. The molecule has 7 nitrogen and oxygen atoms in total. The van der Waals surface area contributed by atoms with Crippen LogP contribution in [-0.2, 0) is 20.8 Å². The molecule has 0 saturated carbocycles. The number of amides is 3. The van der Waals surface area contributed by atoms with Gasteiger partial charge in [0, 0.05) is 29.4 Å². The Hall–Kier alpha value is -3.17. The summed E-state index contributed by atoms with van der Waals surface area (Å²) in [6, 6.07) is 12.8. The third-order valence-corrected chi connectivity index (χ3v) is 6.41. The zero-order chi connectivity index (χ0) is 23.1. The van der Waals surface area contributed by atoms with E-state index in [1.165, 1.54) is 30.0 Å². The molecule has 3 amide bonds. The van der Waals surface area contributed by atoms with Crippen molar-refractivity contribution in [3.8, 4) is 0 Å². The van der Waals surface area contributed by atoms with Gasteiger partial charge in [0.15, 0.2) is 4.34 Å². The Kier molecular flexibility index (Phi) is 8.02. The van der Waals surface area contributed by atoms with Crippen LogP contribution in [-0.4, -0.2) is 28.5 Å². The number of rotatable bonds is 8. The van der Waals surface area contributed by atoms with Crippen LogP contribution in [0.25, 0.3) is 0 Å². The van der Waals surface area contributed by atoms with E-state index in [0.717, 1.165) is 21.2 Å². The van der Waals surface area contributed by atoms with Crippen LogP contribution in [0.3, 0.4) is 0 Å². The average Bonchev–Trinajstić information content (AvgIpc) is 3.17. The van der Waals surface area contributed by atoms with E-state index in [2.05, 4.69) is 20.9 Å². The molecular weight excluding hydrogens is 444 g/mol. The second kappa shape index (κ2) is 10.9. The zero-order valence-corrected chi connectivity index (χ0v) is 19.7. The Morgan fingerprint density at radius 2 is 1.62 bits per heavy atom. The highest BCUT2D eigenvalue weighted by atomic mass is 32.2. The number of anilines is 3. The highest BCUT2D eigenvalue weighted by molar-refractivity contribution is 8.01. The Morgan fingerprint density at radius 3 is 2.28 bits per heavy atom. The Morgan fingerprint density at radius 1 is 0.938 bits per heavy atom. The van der Waals surface area contributed by atoms with Crippen molar-refractivity contribution in [2.75, 3.05) is 21.7 Å². The van der Waals surface area contributed by atoms with Gasteiger partial charge < -0.3 is 16.0 Å². The first kappa shape index (κ1) is 23.5. The van der Waals surface area contributed by atoms with Crippen molar-refractivity contribution >= 4 is 57.9 Å². The Labute approximate surface area is 195 Å². The predicted molar refractivity (Wildman–Crippen MR) is 130 cm³/mol. The van der Waals surface area contributed by atoms with Gasteiger partial charge >= 0.3 is 0 Å². The zero-order valence-electron chi connectivity index (χ0n) is 18.0. The van der Waals surface area contributed by atoms with Crippen molar-refractivity contribution in [1.82, 2.24) is 4.98 Å². The summed E-state index contributed by atoms with van der Waals surface area (Å²) in [4.78, 5) is 40.0. The first-order valence-electron chi connectivity index (χ1n) is 9.90. The average molecular weight is 469 g/mol. The summed E-state index contributed by atoms with van der Waals surface area (Å²) in [5.41, 5.74) is 4.95. The molecule has 0 aliphatic carbocycles. The minimum Gasteiger partial charge on any atom is -0.326 e. The molecule has 3 aromatic rings. The number of aryl methyl sites for hydroxylation is 2. The quantitative estimate of drug-likeness (QED) is 0.419. The third kappa shape index (κ3) is 7.21. The van der Waals surface area contributed by atoms with E-state index in [4.69, 9.17) is 0 Å². The number of carbonyl (C=O) groups excluding carboxylic acids is 3. The van der Waals surface area contributed by atoms with Crippen molar-refractivity contribution in [3.63, 3.8) is 0 Å². The van der Waals surface area contributed by atoms with Crippen LogP contribution in [0.5, 0.6) is 0 Å². The van der Waals surface area contributed by atoms with E-state index in [-0.39, 0.29) is 29.9 Å². The van der Waals surface area contributed by atoms with Gasteiger partial charge in [-0.15, -0.1) is 11.3 Å². The summed E-state index contributed by atoms with van der Waals surface area (Å²) in [5.74, 6) is -0.232. The molecule has 0 radical (unpaired) electrons. The molecule has 3 rings (SSSR count). The van der Waals surface area contributed by atoms with E-state index in [1.807, 2.05) is 37.4 Å². The van der Waals surface area contributed by atoms with Crippen LogP contribution >= 0.6 is 23.1 Å². The monoisotopic (exact) mass is 468 g/mol. The van der Waals surface area contributed by atoms with Gasteiger partial charge in [-0.25, -0.2) is 4.98 Å². The summed E-state index contributed by atoms with van der Waals surface area (Å²) >= 11 is 2.73. The van der Waals surface area contributed by atoms with E-state index < -0.39 is 0 Å². The molecule has 1 heterocycles. The fraction of sp³-hybridized carbons (Fsp3) is 0.217. The highest BCUT2D eigenvalue weighted by Crippen LogP contribution is 2.24. The maximum atomic E-state index is 12.3. The number of carbonyl (C=O) groups is 3. The molecule has 1 aromatic heterocycles. The molecule has 0 spiro atoms. The van der Waals surface area contributed by atoms with Crippen LogP contribution in [0, 0.1) is 13.8 Å². The van der Waals surface area contributed by atoms with Crippen molar-refractivity contribution in [1.29, 1.82) is 0 Å². The Balaban J connectivity index is 1.45. The molecule has 0 aliphatic heterocycles. The molecule has 0 atom stereocenters. The predicted octanol–water partition coefficient (Wildman–Crippen LogP) is 4.63. The summed E-state index contributed by atoms with van der Waals surface area (Å²) < 4.78 is 0.732. The van der Waals surface area contributed by atoms with Gasteiger partial charge in [0.05, 0.1) is 17.9 Å². The number of hydrogen-bond donors (Lipinski definition) is 3. The van der Waals surface area contributed by atoms with Gasteiger partial charge in [-0.3, -0.25) is 14.4 Å². The largest absolute Gasteiger partial charge is 0.326 e. The van der Waals surface area contributed by atoms with Crippen LogP contribution in [0.4, 0.5) is 17.1 Å². The highest BCUT2D eigenvalue weighted by Gasteiger charge is 2.11. The first-order valence-corrected chi connectivity index (χ1v) is 11.8. The van der Waals surface area contributed by atoms with Gasteiger partial charge in [-0.1, -0.05) is 29.5 Å². The van der Waals surface area contributed by atoms with Gasteiger partial charge in [0.1, 0.15) is 0 Å². The van der Waals surface area contributed by atoms with Crippen molar-refractivity contribution in [2.45, 2.75) is 31.5 Å².